The van der Waals surface area contributed by atoms with E-state index in [1.807, 2.05) is 54.8 Å². The molecule has 2 saturated heterocycles. The summed E-state index contributed by atoms with van der Waals surface area (Å²) in [5.74, 6) is 0.268. The minimum absolute atomic E-state index is 0.0581. The van der Waals surface area contributed by atoms with Crippen LogP contribution < -0.4 is 5.32 Å². The molecule has 6 heteroatoms. The van der Waals surface area contributed by atoms with Crippen molar-refractivity contribution in [3.05, 3.63) is 35.4 Å². The van der Waals surface area contributed by atoms with E-state index in [1.165, 1.54) is 5.56 Å². The number of piperidine rings is 1. The molecule has 2 aliphatic heterocycles. The van der Waals surface area contributed by atoms with Crippen LogP contribution in [0, 0.1) is 5.92 Å². The molecule has 0 aliphatic carbocycles. The lowest BCUT2D eigenvalue weighted by atomic mass is 10.00. The molecule has 2 fully saturated rings. The van der Waals surface area contributed by atoms with Crippen LogP contribution in [0.15, 0.2) is 24.3 Å². The van der Waals surface area contributed by atoms with Crippen LogP contribution in [0.2, 0.25) is 0 Å². The van der Waals surface area contributed by atoms with Crippen molar-refractivity contribution in [3.63, 3.8) is 0 Å². The lowest BCUT2D eigenvalue weighted by Gasteiger charge is -2.35. The highest BCUT2D eigenvalue weighted by molar-refractivity contribution is 5.94. The van der Waals surface area contributed by atoms with Gasteiger partial charge in [0.05, 0.1) is 5.92 Å². The quantitative estimate of drug-likeness (QED) is 0.824. The van der Waals surface area contributed by atoms with Gasteiger partial charge in [-0.3, -0.25) is 14.4 Å². The van der Waals surface area contributed by atoms with Crippen molar-refractivity contribution in [2.75, 3.05) is 19.6 Å². The van der Waals surface area contributed by atoms with Crippen LogP contribution >= 0.6 is 0 Å². The Balaban J connectivity index is 1.49. The van der Waals surface area contributed by atoms with Crippen molar-refractivity contribution in [2.24, 2.45) is 5.92 Å². The van der Waals surface area contributed by atoms with E-state index in [0.29, 0.717) is 37.5 Å². The first-order valence-corrected chi connectivity index (χ1v) is 11.1. The summed E-state index contributed by atoms with van der Waals surface area (Å²) in [4.78, 5) is 41.4. The second-order valence-corrected chi connectivity index (χ2v) is 9.93. The molecule has 3 amide bonds. The van der Waals surface area contributed by atoms with E-state index in [9.17, 15) is 14.4 Å². The van der Waals surface area contributed by atoms with Gasteiger partial charge in [0, 0.05) is 43.2 Å². The van der Waals surface area contributed by atoms with Gasteiger partial charge < -0.3 is 15.1 Å². The molecule has 164 valence electrons. The first-order chi connectivity index (χ1) is 14.1. The maximum Gasteiger partial charge on any atom is 0.251 e. The van der Waals surface area contributed by atoms with Crippen LogP contribution in [0.4, 0.5) is 0 Å². The topological polar surface area (TPSA) is 69.7 Å². The molecule has 0 spiro atoms. The molecule has 2 aliphatic rings. The molecule has 1 N–H and O–H groups in total. The van der Waals surface area contributed by atoms with E-state index < -0.39 is 0 Å². The van der Waals surface area contributed by atoms with Crippen LogP contribution in [0.25, 0.3) is 0 Å². The predicted octanol–water partition coefficient (Wildman–Crippen LogP) is 3.18. The molecule has 3 rings (SSSR count). The predicted molar refractivity (Wildman–Crippen MR) is 117 cm³/mol. The van der Waals surface area contributed by atoms with Gasteiger partial charge in [-0.2, -0.15) is 0 Å². The highest BCUT2D eigenvalue weighted by Gasteiger charge is 2.41. The van der Waals surface area contributed by atoms with Gasteiger partial charge in [-0.25, -0.2) is 0 Å². The summed E-state index contributed by atoms with van der Waals surface area (Å²) in [7, 11) is 0. The Labute approximate surface area is 180 Å². The van der Waals surface area contributed by atoms with Crippen LogP contribution in [0.3, 0.4) is 0 Å². The van der Waals surface area contributed by atoms with E-state index in [0.717, 1.165) is 12.8 Å². The number of carbonyl (C=O) groups excluding carboxylic acids is 3. The van der Waals surface area contributed by atoms with Gasteiger partial charge in [-0.05, 0) is 57.2 Å². The molecule has 0 aromatic heterocycles. The number of hydrogen-bond acceptors (Lipinski definition) is 3. The second-order valence-electron chi connectivity index (χ2n) is 9.93. The molecule has 1 unspecified atom stereocenters. The van der Waals surface area contributed by atoms with Gasteiger partial charge in [0.15, 0.2) is 0 Å². The van der Waals surface area contributed by atoms with Gasteiger partial charge >= 0.3 is 0 Å². The third-order valence-electron chi connectivity index (χ3n) is 6.27. The molecule has 0 bridgehead atoms. The van der Waals surface area contributed by atoms with Crippen molar-refractivity contribution < 1.29 is 14.4 Å². The summed E-state index contributed by atoms with van der Waals surface area (Å²) >= 11 is 0. The van der Waals surface area contributed by atoms with E-state index >= 15 is 0 Å². The molecular weight excluding hydrogens is 378 g/mol. The number of nitrogens with zero attached hydrogens (tertiary/aromatic N) is 2. The van der Waals surface area contributed by atoms with Crippen molar-refractivity contribution in [3.8, 4) is 0 Å². The Hall–Kier alpha value is -2.37. The zero-order valence-electron chi connectivity index (χ0n) is 18.9. The van der Waals surface area contributed by atoms with Crippen LogP contribution in [-0.4, -0.2) is 58.7 Å². The van der Waals surface area contributed by atoms with Crippen molar-refractivity contribution in [1.82, 2.24) is 15.1 Å². The number of hydrogen-bond donors (Lipinski definition) is 1. The van der Waals surface area contributed by atoms with Crippen molar-refractivity contribution in [1.29, 1.82) is 0 Å². The standard InChI is InChI=1S/C24H35N3O3/c1-16(2)17-6-8-18(9-7-17)22(29)25-20-10-12-26(13-11-20)23(30)19-14-21(28)27(15-19)24(3,4)5/h6-9,16,19-20H,10-15H2,1-5H3,(H,25,29). The number of carbonyl (C=O) groups is 3. The molecule has 0 saturated carbocycles. The maximum absolute atomic E-state index is 12.9. The van der Waals surface area contributed by atoms with E-state index in [-0.39, 0.29) is 35.2 Å². The third-order valence-corrected chi connectivity index (χ3v) is 6.27. The molecule has 6 nitrogen and oxygen atoms in total. The fourth-order valence-electron chi connectivity index (χ4n) is 4.31. The van der Waals surface area contributed by atoms with Crippen molar-refractivity contribution in [2.45, 2.75) is 71.4 Å². The molecule has 1 atom stereocenters. The normalized spacial score (nSPS) is 20.7. The second kappa shape index (κ2) is 8.78. The summed E-state index contributed by atoms with van der Waals surface area (Å²) in [6.45, 7) is 12.0. The van der Waals surface area contributed by atoms with E-state index in [1.54, 1.807) is 0 Å². The Morgan fingerprint density at radius 3 is 2.17 bits per heavy atom. The average Bonchev–Trinajstić information content (AvgIpc) is 3.10. The fourth-order valence-corrected chi connectivity index (χ4v) is 4.31. The van der Waals surface area contributed by atoms with Gasteiger partial charge in [0.25, 0.3) is 5.91 Å². The summed E-state index contributed by atoms with van der Waals surface area (Å²) in [6.07, 6.45) is 1.79. The molecule has 0 radical (unpaired) electrons. The number of rotatable bonds is 4. The Bertz CT molecular complexity index is 787. The largest absolute Gasteiger partial charge is 0.349 e. The smallest absolute Gasteiger partial charge is 0.251 e. The zero-order valence-corrected chi connectivity index (χ0v) is 18.9. The minimum atomic E-state index is -0.253. The first kappa shape index (κ1) is 22.3. The van der Waals surface area contributed by atoms with Gasteiger partial charge in [0.2, 0.25) is 11.8 Å². The number of benzene rings is 1. The SMILES string of the molecule is CC(C)c1ccc(C(=O)NC2CCN(C(=O)C3CC(=O)N(C(C)(C)C)C3)CC2)cc1. The van der Waals surface area contributed by atoms with E-state index in [2.05, 4.69) is 19.2 Å². The fraction of sp³-hybridized carbons (Fsp3) is 0.625. The van der Waals surface area contributed by atoms with Crippen LogP contribution in [0.1, 0.15) is 75.7 Å². The molecule has 1 aromatic carbocycles. The summed E-state index contributed by atoms with van der Waals surface area (Å²) in [6, 6.07) is 7.83. The highest BCUT2D eigenvalue weighted by atomic mass is 16.2. The van der Waals surface area contributed by atoms with Crippen LogP contribution in [0.5, 0.6) is 0 Å². The monoisotopic (exact) mass is 413 g/mol. The molecule has 1 aromatic rings. The Kier molecular flexibility index (Phi) is 6.53. The average molecular weight is 414 g/mol. The summed E-state index contributed by atoms with van der Waals surface area (Å²) in [5.41, 5.74) is 1.63. The molecule has 2 heterocycles. The van der Waals surface area contributed by atoms with Gasteiger partial charge in [-0.1, -0.05) is 26.0 Å². The molecule has 30 heavy (non-hydrogen) atoms. The van der Waals surface area contributed by atoms with E-state index in [4.69, 9.17) is 0 Å². The number of nitrogens with one attached hydrogen (secondary N) is 1. The summed E-state index contributed by atoms with van der Waals surface area (Å²) < 4.78 is 0. The van der Waals surface area contributed by atoms with Gasteiger partial charge in [0.1, 0.15) is 0 Å². The number of likely N-dealkylation sites (tertiary alicyclic amines) is 2. The Morgan fingerprint density at radius 2 is 1.67 bits per heavy atom. The minimum Gasteiger partial charge on any atom is -0.349 e. The third kappa shape index (κ3) is 5.02. The van der Waals surface area contributed by atoms with Crippen LogP contribution in [-0.2, 0) is 9.59 Å². The van der Waals surface area contributed by atoms with Crippen molar-refractivity contribution >= 4 is 17.7 Å². The lowest BCUT2D eigenvalue weighted by Crippen LogP contribution is -2.48. The van der Waals surface area contributed by atoms with Gasteiger partial charge in [-0.15, -0.1) is 0 Å². The first-order valence-electron chi connectivity index (χ1n) is 11.1. The zero-order chi connectivity index (χ0) is 22.1. The highest BCUT2D eigenvalue weighted by Crippen LogP contribution is 2.28. The maximum atomic E-state index is 12.9. The lowest BCUT2D eigenvalue weighted by molar-refractivity contribution is -0.136. The summed E-state index contributed by atoms with van der Waals surface area (Å²) in [5, 5.41) is 3.11. The Morgan fingerprint density at radius 1 is 1.07 bits per heavy atom. The number of amides is 3. The molecular formula is C24H35N3O3.